The van der Waals surface area contributed by atoms with Crippen molar-refractivity contribution in [3.05, 3.63) is 28.8 Å². The van der Waals surface area contributed by atoms with Crippen LogP contribution in [-0.2, 0) is 12.8 Å². The number of rotatable bonds is 7. The molecule has 0 heterocycles. The molecule has 1 nitrogen and oxygen atoms in total. The van der Waals surface area contributed by atoms with Gasteiger partial charge in [0, 0.05) is 0 Å². The van der Waals surface area contributed by atoms with Crippen molar-refractivity contribution in [2.24, 2.45) is 17.8 Å². The van der Waals surface area contributed by atoms with Gasteiger partial charge in [-0.05, 0) is 60.6 Å². The molecule has 1 aromatic rings. The number of hydrogen-bond acceptors (Lipinski definition) is 1. The molecule has 6 heteroatoms. The molecule has 3 rings (SSSR count). The average molecular weight is 418 g/mol. The van der Waals surface area contributed by atoms with E-state index >= 15 is 0 Å². The molecule has 0 amide bonds. The highest BCUT2D eigenvalue weighted by Crippen LogP contribution is 2.39. The fourth-order valence-corrected chi connectivity index (χ4v) is 5.13. The first-order valence-corrected chi connectivity index (χ1v) is 11.0. The maximum atomic E-state index is 14.4. The first kappa shape index (κ1) is 22.4. The summed E-state index contributed by atoms with van der Waals surface area (Å²) in [5.41, 5.74) is 0.674. The molecule has 0 radical (unpaired) electrons. The smallest absolute Gasteiger partial charge is 0.399 e. The van der Waals surface area contributed by atoms with Gasteiger partial charge in [0.1, 0.15) is 0 Å². The van der Waals surface area contributed by atoms with Crippen LogP contribution in [0.25, 0.3) is 0 Å². The molecular weight excluding hydrogens is 387 g/mol. The van der Waals surface area contributed by atoms with Crippen LogP contribution in [0.2, 0.25) is 0 Å². The monoisotopic (exact) mass is 418 g/mol. The Labute approximate surface area is 170 Å². The SMILES string of the molecule is CCCCC1CCC(CCC2CCc3c(cc(F)c(OC(F)(F)F)c3F)C2)CC1. The fraction of sp³-hybridized carbons (Fsp3) is 0.739. The summed E-state index contributed by atoms with van der Waals surface area (Å²) in [6.07, 6.45) is 7.76. The molecular formula is C23H31F5O. The van der Waals surface area contributed by atoms with Crippen LogP contribution in [0.5, 0.6) is 5.75 Å². The largest absolute Gasteiger partial charge is 0.573 e. The molecule has 1 atom stereocenters. The van der Waals surface area contributed by atoms with Crippen LogP contribution >= 0.6 is 0 Å². The molecule has 0 aliphatic heterocycles. The lowest BCUT2D eigenvalue weighted by atomic mass is 9.75. The maximum absolute atomic E-state index is 14.4. The third kappa shape index (κ3) is 6.08. The summed E-state index contributed by atoms with van der Waals surface area (Å²) in [6.45, 7) is 2.23. The number of hydrogen-bond donors (Lipinski definition) is 0. The summed E-state index contributed by atoms with van der Waals surface area (Å²) in [5.74, 6) is -1.83. The van der Waals surface area contributed by atoms with E-state index in [9.17, 15) is 22.0 Å². The number of benzene rings is 1. The Hall–Kier alpha value is -1.33. The Morgan fingerprint density at radius 3 is 2.17 bits per heavy atom. The molecule has 29 heavy (non-hydrogen) atoms. The standard InChI is InChI=1S/C23H31F5O/c1-2-3-4-15-5-7-16(8-6-15)9-10-17-11-12-19-18(13-17)14-20(24)22(21(19)25)29-23(26,27)28/h14-17H,2-13H2,1H3. The zero-order valence-electron chi connectivity index (χ0n) is 17.1. The van der Waals surface area contributed by atoms with Crippen molar-refractivity contribution in [2.75, 3.05) is 0 Å². The predicted molar refractivity (Wildman–Crippen MR) is 103 cm³/mol. The lowest BCUT2D eigenvalue weighted by Gasteiger charge is -2.31. The number of halogens is 5. The molecule has 164 valence electrons. The van der Waals surface area contributed by atoms with Gasteiger partial charge in [-0.3, -0.25) is 0 Å². The Kier molecular flexibility index (Phi) is 7.44. The van der Waals surface area contributed by atoms with Crippen LogP contribution in [0.3, 0.4) is 0 Å². The van der Waals surface area contributed by atoms with Crippen LogP contribution in [0.4, 0.5) is 22.0 Å². The van der Waals surface area contributed by atoms with Gasteiger partial charge in [0.25, 0.3) is 0 Å². The van der Waals surface area contributed by atoms with Crippen LogP contribution < -0.4 is 4.74 Å². The van der Waals surface area contributed by atoms with Crippen molar-refractivity contribution in [1.82, 2.24) is 0 Å². The zero-order valence-corrected chi connectivity index (χ0v) is 17.1. The molecule has 1 fully saturated rings. The van der Waals surface area contributed by atoms with Gasteiger partial charge in [-0.1, -0.05) is 58.3 Å². The van der Waals surface area contributed by atoms with E-state index in [1.54, 1.807) is 0 Å². The van der Waals surface area contributed by atoms with Gasteiger partial charge in [0.05, 0.1) is 0 Å². The van der Waals surface area contributed by atoms with E-state index in [0.29, 0.717) is 24.3 Å². The van der Waals surface area contributed by atoms with Crippen molar-refractivity contribution in [1.29, 1.82) is 0 Å². The highest BCUT2D eigenvalue weighted by Gasteiger charge is 2.36. The first-order valence-electron chi connectivity index (χ1n) is 11.0. The van der Waals surface area contributed by atoms with E-state index in [-0.39, 0.29) is 5.56 Å². The molecule has 0 aromatic heterocycles. The average Bonchev–Trinajstić information content (AvgIpc) is 2.68. The summed E-state index contributed by atoms with van der Waals surface area (Å²) in [5, 5.41) is 0. The van der Waals surface area contributed by atoms with Gasteiger partial charge in [-0.15, -0.1) is 13.2 Å². The van der Waals surface area contributed by atoms with Gasteiger partial charge < -0.3 is 4.74 Å². The molecule has 1 saturated carbocycles. The number of ether oxygens (including phenoxy) is 1. The molecule has 2 aliphatic rings. The lowest BCUT2D eigenvalue weighted by Crippen LogP contribution is -2.22. The third-order valence-corrected chi connectivity index (χ3v) is 6.81. The topological polar surface area (TPSA) is 9.23 Å². The fourth-order valence-electron chi connectivity index (χ4n) is 5.13. The number of unbranched alkanes of at least 4 members (excludes halogenated alkanes) is 1. The summed E-state index contributed by atoms with van der Waals surface area (Å²) in [4.78, 5) is 0. The Morgan fingerprint density at radius 1 is 0.931 bits per heavy atom. The van der Waals surface area contributed by atoms with E-state index < -0.39 is 23.7 Å². The summed E-state index contributed by atoms with van der Waals surface area (Å²) < 4.78 is 69.2. The first-order chi connectivity index (χ1) is 13.8. The minimum absolute atomic E-state index is 0.179. The number of fused-ring (bicyclic) bond motifs is 1. The van der Waals surface area contributed by atoms with Gasteiger partial charge in [-0.2, -0.15) is 0 Å². The Balaban J connectivity index is 1.53. The van der Waals surface area contributed by atoms with Crippen LogP contribution in [0, 0.1) is 29.4 Å². The van der Waals surface area contributed by atoms with Gasteiger partial charge in [0.2, 0.25) is 5.75 Å². The predicted octanol–water partition coefficient (Wildman–Crippen LogP) is 7.75. The molecule has 1 aromatic carbocycles. The van der Waals surface area contributed by atoms with Crippen molar-refractivity contribution in [3.63, 3.8) is 0 Å². The molecule has 2 aliphatic carbocycles. The highest BCUT2D eigenvalue weighted by molar-refractivity contribution is 5.40. The summed E-state index contributed by atoms with van der Waals surface area (Å²) in [6, 6.07) is 1.03. The van der Waals surface area contributed by atoms with Gasteiger partial charge >= 0.3 is 6.36 Å². The number of alkyl halides is 3. The molecule has 0 spiro atoms. The van der Waals surface area contributed by atoms with E-state index in [2.05, 4.69) is 11.7 Å². The molecule has 1 unspecified atom stereocenters. The minimum atomic E-state index is -5.11. The highest BCUT2D eigenvalue weighted by atomic mass is 19.4. The molecule has 0 saturated heterocycles. The summed E-state index contributed by atoms with van der Waals surface area (Å²) in [7, 11) is 0. The molecule has 0 N–H and O–H groups in total. The minimum Gasteiger partial charge on any atom is -0.399 e. The summed E-state index contributed by atoms with van der Waals surface area (Å²) >= 11 is 0. The van der Waals surface area contributed by atoms with Crippen molar-refractivity contribution < 1.29 is 26.7 Å². The third-order valence-electron chi connectivity index (χ3n) is 6.81. The lowest BCUT2D eigenvalue weighted by molar-refractivity contribution is -0.276. The zero-order chi connectivity index (χ0) is 21.0. The van der Waals surface area contributed by atoms with Crippen molar-refractivity contribution in [2.45, 2.75) is 90.3 Å². The van der Waals surface area contributed by atoms with Crippen molar-refractivity contribution in [3.8, 4) is 5.75 Å². The maximum Gasteiger partial charge on any atom is 0.573 e. The van der Waals surface area contributed by atoms with Crippen LogP contribution in [-0.4, -0.2) is 6.36 Å². The second kappa shape index (κ2) is 9.65. The van der Waals surface area contributed by atoms with E-state index in [0.717, 1.165) is 37.2 Å². The molecule has 0 bridgehead atoms. The second-order valence-corrected chi connectivity index (χ2v) is 8.90. The Morgan fingerprint density at radius 2 is 1.55 bits per heavy atom. The van der Waals surface area contributed by atoms with Crippen molar-refractivity contribution >= 4 is 0 Å². The second-order valence-electron chi connectivity index (χ2n) is 8.90. The Bertz CT molecular complexity index is 677. The van der Waals surface area contributed by atoms with Crippen LogP contribution in [0.15, 0.2) is 6.07 Å². The van der Waals surface area contributed by atoms with E-state index in [1.165, 1.54) is 44.9 Å². The van der Waals surface area contributed by atoms with Crippen LogP contribution in [0.1, 0.15) is 82.3 Å². The van der Waals surface area contributed by atoms with Gasteiger partial charge in [0.15, 0.2) is 11.6 Å². The quantitative estimate of drug-likeness (QED) is 0.411. The van der Waals surface area contributed by atoms with E-state index in [4.69, 9.17) is 0 Å². The normalized spacial score (nSPS) is 25.0. The van der Waals surface area contributed by atoms with Gasteiger partial charge in [-0.25, -0.2) is 8.78 Å². The van der Waals surface area contributed by atoms with E-state index in [1.807, 2.05) is 0 Å².